The average molecular weight is 453 g/mol. The number of carbonyl (C=O) groups is 2. The summed E-state index contributed by atoms with van der Waals surface area (Å²) in [5.74, 6) is -2.58. The minimum Gasteiger partial charge on any atom is -0.508 e. The quantitative estimate of drug-likeness (QED) is 0.616. The second-order valence-corrected chi connectivity index (χ2v) is 8.49. The molecule has 0 fully saturated rings. The Morgan fingerprint density at radius 3 is 1.53 bits per heavy atom. The first-order valence-electron chi connectivity index (χ1n) is 11.1. The van der Waals surface area contributed by atoms with Gasteiger partial charge < -0.3 is 5.11 Å². The van der Waals surface area contributed by atoms with Gasteiger partial charge in [-0.25, -0.2) is 10.0 Å². The normalized spacial score (nSPS) is 20.2. The molecule has 7 heteroatoms. The highest BCUT2D eigenvalue weighted by Crippen LogP contribution is 2.44. The Kier molecular flexibility index (Phi) is 5.45. The van der Waals surface area contributed by atoms with Gasteiger partial charge in [-0.1, -0.05) is 54.6 Å². The fraction of sp³-hybridized carbons (Fsp3) is 0.185. The van der Waals surface area contributed by atoms with Crippen LogP contribution in [-0.4, -0.2) is 28.3 Å². The van der Waals surface area contributed by atoms with Crippen LogP contribution in [0.15, 0.2) is 95.1 Å². The van der Waals surface area contributed by atoms with Crippen LogP contribution in [0, 0.1) is 11.8 Å². The number of aromatic hydroxyl groups is 1. The van der Waals surface area contributed by atoms with E-state index in [0.717, 1.165) is 0 Å². The molecule has 0 radical (unpaired) electrons. The van der Waals surface area contributed by atoms with E-state index in [1.165, 1.54) is 10.0 Å². The summed E-state index contributed by atoms with van der Waals surface area (Å²) >= 11 is 0. The lowest BCUT2D eigenvalue weighted by Crippen LogP contribution is -2.40. The largest absolute Gasteiger partial charge is 0.508 e. The van der Waals surface area contributed by atoms with Crippen LogP contribution in [0.1, 0.15) is 25.3 Å². The molecule has 0 saturated heterocycles. The second kappa shape index (κ2) is 8.59. The Balaban J connectivity index is 1.59. The van der Waals surface area contributed by atoms with Gasteiger partial charge in [-0.15, -0.1) is 0 Å². The van der Waals surface area contributed by atoms with E-state index in [1.54, 1.807) is 38.1 Å². The molecule has 3 aromatic rings. The van der Waals surface area contributed by atoms with Gasteiger partial charge in [0.25, 0.3) is 11.8 Å². The maximum absolute atomic E-state index is 13.7. The lowest BCUT2D eigenvalue weighted by atomic mass is 9.72. The van der Waals surface area contributed by atoms with Crippen LogP contribution in [0.2, 0.25) is 0 Å². The van der Waals surface area contributed by atoms with E-state index in [9.17, 15) is 14.7 Å². The number of carbonyl (C=O) groups excluding carboxylic acids is 2. The third kappa shape index (κ3) is 3.55. The number of rotatable bonds is 5. The highest BCUT2D eigenvalue weighted by molar-refractivity contribution is 6.19. The van der Waals surface area contributed by atoms with E-state index in [0.29, 0.717) is 28.4 Å². The first-order valence-corrected chi connectivity index (χ1v) is 11.1. The van der Waals surface area contributed by atoms with Crippen LogP contribution in [0.3, 0.4) is 0 Å². The van der Waals surface area contributed by atoms with Crippen molar-refractivity contribution in [3.63, 3.8) is 0 Å². The molecule has 0 bridgehead atoms. The van der Waals surface area contributed by atoms with Crippen LogP contribution in [-0.2, 0) is 9.59 Å². The second-order valence-electron chi connectivity index (χ2n) is 8.49. The Bertz CT molecular complexity index is 1220. The van der Waals surface area contributed by atoms with E-state index in [-0.39, 0.29) is 17.6 Å². The molecule has 1 N–H and O–H groups in total. The summed E-state index contributed by atoms with van der Waals surface area (Å²) in [5, 5.41) is 22.6. The fourth-order valence-corrected chi connectivity index (χ4v) is 4.82. The Labute approximate surface area is 197 Å². The van der Waals surface area contributed by atoms with Crippen molar-refractivity contribution < 1.29 is 14.7 Å². The van der Waals surface area contributed by atoms with Gasteiger partial charge in [0.15, 0.2) is 0 Å². The fourth-order valence-electron chi connectivity index (χ4n) is 4.82. The number of phenols is 1. The number of para-hydroxylation sites is 3. The molecule has 5 rings (SSSR count). The summed E-state index contributed by atoms with van der Waals surface area (Å²) in [7, 11) is 0. The van der Waals surface area contributed by atoms with Gasteiger partial charge in [-0.05, 0) is 49.7 Å². The van der Waals surface area contributed by atoms with Gasteiger partial charge >= 0.3 is 0 Å². The summed E-state index contributed by atoms with van der Waals surface area (Å²) in [6.07, 6.45) is 0. The molecule has 0 saturated carbocycles. The number of anilines is 2. The van der Waals surface area contributed by atoms with Crippen LogP contribution < -0.4 is 10.0 Å². The highest BCUT2D eigenvalue weighted by atomic mass is 16.3. The molecule has 0 aliphatic carbocycles. The van der Waals surface area contributed by atoms with Crippen LogP contribution >= 0.6 is 0 Å². The highest BCUT2D eigenvalue weighted by Gasteiger charge is 2.50. The summed E-state index contributed by atoms with van der Waals surface area (Å²) in [5.41, 5.74) is 2.99. The molecule has 0 spiro atoms. The van der Waals surface area contributed by atoms with Crippen molar-refractivity contribution in [3.8, 4) is 5.75 Å². The van der Waals surface area contributed by atoms with Crippen LogP contribution in [0.4, 0.5) is 11.4 Å². The number of amides is 2. The molecule has 3 aromatic carbocycles. The smallest absolute Gasteiger partial charge is 0.256 e. The minimum atomic E-state index is -0.733. The van der Waals surface area contributed by atoms with E-state index >= 15 is 0 Å². The molecule has 2 atom stereocenters. The summed E-state index contributed by atoms with van der Waals surface area (Å²) < 4.78 is 0. The molecular weight excluding hydrogens is 428 g/mol. The Morgan fingerprint density at radius 2 is 1.09 bits per heavy atom. The van der Waals surface area contributed by atoms with Gasteiger partial charge in [0.05, 0.1) is 23.2 Å². The van der Waals surface area contributed by atoms with Gasteiger partial charge in [0.1, 0.15) is 5.75 Å². The van der Waals surface area contributed by atoms with Crippen molar-refractivity contribution in [2.45, 2.75) is 19.8 Å². The zero-order chi connectivity index (χ0) is 23.8. The molecule has 0 aromatic heterocycles. The van der Waals surface area contributed by atoms with Gasteiger partial charge in [-0.3, -0.25) is 9.59 Å². The van der Waals surface area contributed by atoms with Gasteiger partial charge in [0, 0.05) is 17.3 Å². The number of hydrazone groups is 2. The SMILES string of the molecule is CC1=NN(c2ccccc2)C(=O)[C@H]1C(c1ccccc1O)[C@@H]1C(=O)N(c2ccccc2)N=C1C. The van der Waals surface area contributed by atoms with Crippen molar-refractivity contribution in [3.05, 3.63) is 90.5 Å². The third-order valence-corrected chi connectivity index (χ3v) is 6.38. The van der Waals surface area contributed by atoms with E-state index in [4.69, 9.17) is 0 Å². The van der Waals surface area contributed by atoms with Crippen molar-refractivity contribution in [1.82, 2.24) is 0 Å². The summed E-state index contributed by atoms with van der Waals surface area (Å²) in [4.78, 5) is 27.5. The molecule has 2 aliphatic heterocycles. The third-order valence-electron chi connectivity index (χ3n) is 6.38. The standard InChI is InChI=1S/C27H24N4O3/c1-17-23(26(33)30(28-17)19-11-5-3-6-12-19)25(21-15-9-10-16-22(21)32)24-18(2)29-31(27(24)34)20-13-7-4-8-14-20/h3-16,23-25,32H,1-2H3/t23-,24-/m1/s1. The Morgan fingerprint density at radius 1 is 0.676 bits per heavy atom. The van der Waals surface area contributed by atoms with Crippen LogP contribution in [0.5, 0.6) is 5.75 Å². The van der Waals surface area contributed by atoms with Gasteiger partial charge in [0.2, 0.25) is 0 Å². The number of hydrogen-bond donors (Lipinski definition) is 1. The number of hydrogen-bond acceptors (Lipinski definition) is 5. The van der Waals surface area contributed by atoms with E-state index < -0.39 is 17.8 Å². The molecule has 2 heterocycles. The maximum atomic E-state index is 13.7. The molecule has 7 nitrogen and oxygen atoms in total. The predicted molar refractivity (Wildman–Crippen MR) is 132 cm³/mol. The van der Waals surface area contributed by atoms with E-state index in [1.807, 2.05) is 60.7 Å². The molecule has 2 amide bonds. The zero-order valence-corrected chi connectivity index (χ0v) is 18.9. The molecule has 0 unspecified atom stereocenters. The van der Waals surface area contributed by atoms with Gasteiger partial charge in [-0.2, -0.15) is 10.2 Å². The lowest BCUT2D eigenvalue weighted by Gasteiger charge is -2.29. The van der Waals surface area contributed by atoms with Crippen LogP contribution in [0.25, 0.3) is 0 Å². The summed E-state index contributed by atoms with van der Waals surface area (Å²) in [6.45, 7) is 3.58. The molecule has 170 valence electrons. The molecule has 34 heavy (non-hydrogen) atoms. The Hall–Kier alpha value is -4.26. The van der Waals surface area contributed by atoms with Crippen molar-refractivity contribution in [2.75, 3.05) is 10.0 Å². The topological polar surface area (TPSA) is 85.6 Å². The zero-order valence-electron chi connectivity index (χ0n) is 18.9. The first kappa shape index (κ1) is 21.6. The summed E-state index contributed by atoms with van der Waals surface area (Å²) in [6, 6.07) is 25.2. The predicted octanol–water partition coefficient (Wildman–Crippen LogP) is 4.55. The van der Waals surface area contributed by atoms with Crippen molar-refractivity contribution >= 4 is 34.6 Å². The number of benzene rings is 3. The first-order chi connectivity index (χ1) is 16.5. The monoisotopic (exact) mass is 452 g/mol. The van der Waals surface area contributed by atoms with E-state index in [2.05, 4.69) is 10.2 Å². The average Bonchev–Trinajstić information content (AvgIpc) is 3.32. The van der Waals surface area contributed by atoms with Crippen molar-refractivity contribution in [2.24, 2.45) is 22.0 Å². The molecule has 2 aliphatic rings. The number of phenolic OH excluding ortho intramolecular Hbond substituents is 1. The lowest BCUT2D eigenvalue weighted by molar-refractivity contribution is -0.122. The number of nitrogens with zero attached hydrogens (tertiary/aromatic N) is 4. The minimum absolute atomic E-state index is 0.0324. The van der Waals surface area contributed by atoms with Crippen molar-refractivity contribution in [1.29, 1.82) is 0 Å². The molecular formula is C27H24N4O3. The maximum Gasteiger partial charge on any atom is 0.256 e.